The fourth-order valence-electron chi connectivity index (χ4n) is 3.72. The molecule has 0 aliphatic rings. The average Bonchev–Trinajstić information content (AvgIpc) is 3.30. The summed E-state index contributed by atoms with van der Waals surface area (Å²) in [6, 6.07) is 20.7. The Bertz CT molecular complexity index is 1430. The Morgan fingerprint density at radius 2 is 1.78 bits per heavy atom. The molecule has 8 nitrogen and oxygen atoms in total. The highest BCUT2D eigenvalue weighted by Gasteiger charge is 2.23. The molecule has 0 spiro atoms. The fraction of sp³-hybridized carbons (Fsp3) is 0.0741. The van der Waals surface area contributed by atoms with Crippen molar-refractivity contribution in [2.75, 3.05) is 5.32 Å². The van der Waals surface area contributed by atoms with Crippen LogP contribution in [0, 0.1) is 0 Å². The highest BCUT2D eigenvalue weighted by molar-refractivity contribution is 9.10. The number of carbonyl (C=O) groups excluding carboxylic acids is 3. The summed E-state index contributed by atoms with van der Waals surface area (Å²) in [4.78, 5) is 40.7. The van der Waals surface area contributed by atoms with Crippen molar-refractivity contribution < 1.29 is 19.6 Å². The Morgan fingerprint density at radius 1 is 1.00 bits per heavy atom. The van der Waals surface area contributed by atoms with E-state index in [4.69, 9.17) is 5.21 Å². The summed E-state index contributed by atoms with van der Waals surface area (Å²) in [5, 5.41) is 15.3. The van der Waals surface area contributed by atoms with Crippen LogP contribution < -0.4 is 16.1 Å². The summed E-state index contributed by atoms with van der Waals surface area (Å²) < 4.78 is 0.822. The Kier molecular flexibility index (Phi) is 7.94. The molecule has 0 bridgehead atoms. The lowest BCUT2D eigenvalue weighted by Crippen LogP contribution is -2.45. The van der Waals surface area contributed by atoms with E-state index in [1.165, 1.54) is 17.6 Å². The smallest absolute Gasteiger partial charge is 0.267 e. The zero-order valence-electron chi connectivity index (χ0n) is 19.0. The third-order valence-corrected chi connectivity index (χ3v) is 6.02. The first-order valence-electron chi connectivity index (χ1n) is 11.1. The van der Waals surface area contributed by atoms with Gasteiger partial charge in [-0.15, -0.1) is 0 Å². The van der Waals surface area contributed by atoms with Crippen molar-refractivity contribution in [2.45, 2.75) is 12.5 Å². The van der Waals surface area contributed by atoms with Crippen molar-refractivity contribution in [2.24, 2.45) is 0 Å². The Balaban J connectivity index is 1.54. The van der Waals surface area contributed by atoms with Crippen LogP contribution >= 0.6 is 15.9 Å². The zero-order chi connectivity index (χ0) is 25.5. The molecule has 36 heavy (non-hydrogen) atoms. The van der Waals surface area contributed by atoms with E-state index in [0.717, 1.165) is 20.9 Å². The van der Waals surface area contributed by atoms with Gasteiger partial charge >= 0.3 is 0 Å². The number of benzene rings is 3. The first-order chi connectivity index (χ1) is 17.4. The number of aromatic amines is 1. The number of nitrogens with one attached hydrogen (secondary N) is 4. The molecule has 0 aliphatic heterocycles. The van der Waals surface area contributed by atoms with E-state index >= 15 is 0 Å². The van der Waals surface area contributed by atoms with Gasteiger partial charge < -0.3 is 15.6 Å². The summed E-state index contributed by atoms with van der Waals surface area (Å²) in [6.45, 7) is 0. The maximum absolute atomic E-state index is 13.3. The summed E-state index contributed by atoms with van der Waals surface area (Å²) in [6.07, 6.45) is 4.80. The maximum atomic E-state index is 13.3. The minimum Gasteiger partial charge on any atom is -0.361 e. The molecule has 182 valence electrons. The average molecular weight is 547 g/mol. The van der Waals surface area contributed by atoms with Crippen molar-refractivity contribution >= 4 is 56.3 Å². The van der Waals surface area contributed by atoms with Crippen LogP contribution in [-0.2, 0) is 16.0 Å². The molecule has 1 heterocycles. The lowest BCUT2D eigenvalue weighted by Gasteiger charge is -2.19. The quantitative estimate of drug-likeness (QED) is 0.127. The van der Waals surface area contributed by atoms with Crippen LogP contribution in [0.25, 0.3) is 17.0 Å². The highest BCUT2D eigenvalue weighted by Crippen LogP contribution is 2.21. The van der Waals surface area contributed by atoms with Crippen molar-refractivity contribution in [3.63, 3.8) is 0 Å². The van der Waals surface area contributed by atoms with Gasteiger partial charge in [0.1, 0.15) is 6.04 Å². The molecule has 1 unspecified atom stereocenters. The number of halogens is 1. The second-order valence-corrected chi connectivity index (χ2v) is 8.94. The number of amides is 3. The predicted molar refractivity (Wildman–Crippen MR) is 141 cm³/mol. The third kappa shape index (κ3) is 6.26. The van der Waals surface area contributed by atoms with E-state index in [1.807, 2.05) is 42.6 Å². The van der Waals surface area contributed by atoms with Gasteiger partial charge in [-0.1, -0.05) is 52.3 Å². The van der Waals surface area contributed by atoms with E-state index in [1.54, 1.807) is 36.4 Å². The van der Waals surface area contributed by atoms with Gasteiger partial charge in [-0.2, -0.15) is 0 Å². The van der Waals surface area contributed by atoms with E-state index in [2.05, 4.69) is 31.5 Å². The molecular formula is C27H23BrN4O4. The molecule has 0 saturated heterocycles. The molecule has 1 aromatic heterocycles. The van der Waals surface area contributed by atoms with Crippen molar-refractivity contribution in [1.82, 2.24) is 15.8 Å². The molecule has 1 atom stereocenters. The number of rotatable bonds is 8. The van der Waals surface area contributed by atoms with Crippen molar-refractivity contribution in [1.29, 1.82) is 0 Å². The number of anilines is 1. The fourth-order valence-corrected chi connectivity index (χ4v) is 4.12. The highest BCUT2D eigenvalue weighted by atomic mass is 79.9. The number of H-pyrrole nitrogens is 1. The monoisotopic (exact) mass is 546 g/mol. The topological polar surface area (TPSA) is 123 Å². The van der Waals surface area contributed by atoms with Gasteiger partial charge in [0.15, 0.2) is 0 Å². The molecule has 0 saturated carbocycles. The minimum absolute atomic E-state index is 0.284. The molecule has 0 aliphatic carbocycles. The van der Waals surface area contributed by atoms with Crippen LogP contribution in [0.4, 0.5) is 5.69 Å². The second-order valence-electron chi connectivity index (χ2n) is 8.02. The minimum atomic E-state index is -0.844. The number of carbonyl (C=O) groups is 3. The van der Waals surface area contributed by atoms with Crippen molar-refractivity contribution in [3.05, 3.63) is 106 Å². The third-order valence-electron chi connectivity index (χ3n) is 5.52. The molecule has 9 heteroatoms. The van der Waals surface area contributed by atoms with Gasteiger partial charge in [0.2, 0.25) is 5.91 Å². The van der Waals surface area contributed by atoms with Gasteiger partial charge in [0.25, 0.3) is 11.8 Å². The second kappa shape index (κ2) is 11.5. The van der Waals surface area contributed by atoms with Crippen LogP contribution in [0.2, 0.25) is 0 Å². The lowest BCUT2D eigenvalue weighted by atomic mass is 10.0. The molecule has 4 rings (SSSR count). The lowest BCUT2D eigenvalue weighted by molar-refractivity contribution is -0.124. The first kappa shape index (κ1) is 24.9. The zero-order valence-corrected chi connectivity index (χ0v) is 20.6. The Labute approximate surface area is 215 Å². The number of hydrogen-bond donors (Lipinski definition) is 5. The predicted octanol–water partition coefficient (Wildman–Crippen LogP) is 4.43. The van der Waals surface area contributed by atoms with Gasteiger partial charge in [-0.05, 0) is 53.6 Å². The molecule has 0 fully saturated rings. The number of fused-ring (bicyclic) bond motifs is 1. The van der Waals surface area contributed by atoms with Crippen LogP contribution in [-0.4, -0.2) is 34.0 Å². The molecule has 3 aromatic carbocycles. The molecule has 3 amide bonds. The van der Waals surface area contributed by atoms with Gasteiger partial charge in [-0.3, -0.25) is 19.6 Å². The standard InChI is InChI=1S/C27H23BrN4O4/c28-20-4-3-5-21(15-20)30-27(35)24(14-19-16-29-23-7-2-1-6-22(19)23)31-26(34)18-11-8-17(9-12-18)10-13-25(33)32-36/h1-13,15-16,24,29,36H,14H2,(H,30,35)(H,31,34)(H,32,33)/b13-10+. The van der Waals surface area contributed by atoms with Gasteiger partial charge in [-0.25, -0.2) is 5.48 Å². The largest absolute Gasteiger partial charge is 0.361 e. The summed E-state index contributed by atoms with van der Waals surface area (Å²) in [5.74, 6) is -1.41. The Hall–Kier alpha value is -4.21. The SMILES string of the molecule is O=C(/C=C/c1ccc(C(=O)NC(Cc2c[nH]c3ccccc23)C(=O)Nc2cccc(Br)c2)cc1)NO. The van der Waals surface area contributed by atoms with E-state index in [-0.39, 0.29) is 12.3 Å². The van der Waals surface area contributed by atoms with Crippen LogP contribution in [0.1, 0.15) is 21.5 Å². The summed E-state index contributed by atoms with van der Waals surface area (Å²) in [7, 11) is 0. The summed E-state index contributed by atoms with van der Waals surface area (Å²) >= 11 is 3.40. The molecule has 0 radical (unpaired) electrons. The number of hydrogen-bond acceptors (Lipinski definition) is 4. The summed E-state index contributed by atoms with van der Waals surface area (Å²) in [5.41, 5.74) is 5.00. The molecule has 4 aromatic rings. The van der Waals surface area contributed by atoms with Gasteiger partial charge in [0.05, 0.1) is 0 Å². The van der Waals surface area contributed by atoms with Crippen LogP contribution in [0.3, 0.4) is 0 Å². The van der Waals surface area contributed by atoms with Crippen LogP contribution in [0.5, 0.6) is 0 Å². The number of aromatic nitrogens is 1. The van der Waals surface area contributed by atoms with E-state index in [9.17, 15) is 14.4 Å². The van der Waals surface area contributed by atoms with Crippen LogP contribution in [0.15, 0.2) is 89.5 Å². The molecular weight excluding hydrogens is 524 g/mol. The maximum Gasteiger partial charge on any atom is 0.267 e. The Morgan fingerprint density at radius 3 is 2.53 bits per heavy atom. The normalized spacial score (nSPS) is 11.8. The first-order valence-corrected chi connectivity index (χ1v) is 11.9. The van der Waals surface area contributed by atoms with Gasteiger partial charge in [0, 0.05) is 45.3 Å². The number of para-hydroxylation sites is 1. The van der Waals surface area contributed by atoms with E-state index in [0.29, 0.717) is 16.8 Å². The van der Waals surface area contributed by atoms with Crippen molar-refractivity contribution in [3.8, 4) is 0 Å². The van der Waals surface area contributed by atoms with E-state index < -0.39 is 17.9 Å². The number of hydroxylamine groups is 1. The molecule has 5 N–H and O–H groups in total.